The van der Waals surface area contributed by atoms with Crippen molar-refractivity contribution in [2.24, 2.45) is 5.73 Å². The largest absolute Gasteiger partial charge is 0.508 e. The normalized spacial score (nSPS) is 12.2. The number of unbranched alkanes of at least 4 members (excludes halogenated alkanes) is 13. The van der Waals surface area contributed by atoms with E-state index in [1.807, 2.05) is 12.1 Å². The van der Waals surface area contributed by atoms with Gasteiger partial charge in [0.05, 0.1) is 5.25 Å². The van der Waals surface area contributed by atoms with Crippen molar-refractivity contribution >= 4 is 17.7 Å². The van der Waals surface area contributed by atoms with E-state index in [9.17, 15) is 9.90 Å². The number of hydrogen-bond donors (Lipinski definition) is 2. The van der Waals surface area contributed by atoms with Crippen molar-refractivity contribution < 1.29 is 9.90 Å². The number of thioether (sulfide) groups is 1. The molecule has 160 valence electrons. The molecule has 0 aliphatic heterocycles. The molecule has 0 aliphatic rings. The standard InChI is InChI=1S/C24H41NO2S/c1-2-3-4-5-6-7-8-9-10-11-12-13-14-15-16-23(24(25)27)28-22-19-17-21(26)18-20-22/h17-20,23,26H,2-16H2,1H3,(H2,25,27). The maximum absolute atomic E-state index is 11.7. The van der Waals surface area contributed by atoms with E-state index in [0.29, 0.717) is 0 Å². The molecule has 3 N–H and O–H groups in total. The number of rotatable bonds is 18. The Morgan fingerprint density at radius 1 is 0.821 bits per heavy atom. The molecule has 1 rings (SSSR count). The van der Waals surface area contributed by atoms with Crippen molar-refractivity contribution in [2.75, 3.05) is 0 Å². The summed E-state index contributed by atoms with van der Waals surface area (Å²) in [6.45, 7) is 2.27. The number of primary amides is 1. The molecule has 0 saturated heterocycles. The van der Waals surface area contributed by atoms with Gasteiger partial charge < -0.3 is 10.8 Å². The fourth-order valence-electron chi connectivity index (χ4n) is 3.47. The first-order valence-corrected chi connectivity index (χ1v) is 12.3. The molecule has 0 bridgehead atoms. The number of benzene rings is 1. The lowest BCUT2D eigenvalue weighted by molar-refractivity contribution is -0.117. The number of hydrogen-bond acceptors (Lipinski definition) is 3. The zero-order valence-electron chi connectivity index (χ0n) is 17.8. The van der Waals surface area contributed by atoms with Crippen LogP contribution in [0, 0.1) is 0 Å². The summed E-state index contributed by atoms with van der Waals surface area (Å²) in [6.07, 6.45) is 19.5. The molecule has 1 aromatic rings. The molecule has 1 unspecified atom stereocenters. The van der Waals surface area contributed by atoms with Crippen LogP contribution in [-0.4, -0.2) is 16.3 Å². The second-order valence-corrected chi connectivity index (χ2v) is 9.16. The fraction of sp³-hybridized carbons (Fsp3) is 0.708. The zero-order valence-corrected chi connectivity index (χ0v) is 18.7. The number of nitrogens with two attached hydrogens (primary N) is 1. The van der Waals surface area contributed by atoms with Crippen molar-refractivity contribution in [3.05, 3.63) is 24.3 Å². The van der Waals surface area contributed by atoms with E-state index in [0.717, 1.165) is 17.7 Å². The zero-order chi connectivity index (χ0) is 20.5. The van der Waals surface area contributed by atoms with Gasteiger partial charge in [0.15, 0.2) is 0 Å². The number of carbonyl (C=O) groups excluding carboxylic acids is 1. The van der Waals surface area contributed by atoms with Crippen LogP contribution in [-0.2, 0) is 4.79 Å². The van der Waals surface area contributed by atoms with Crippen LogP contribution in [0.4, 0.5) is 0 Å². The van der Waals surface area contributed by atoms with Gasteiger partial charge in [0.1, 0.15) is 5.75 Å². The summed E-state index contributed by atoms with van der Waals surface area (Å²) >= 11 is 1.51. The molecule has 3 nitrogen and oxygen atoms in total. The van der Waals surface area contributed by atoms with Crippen LogP contribution in [0.25, 0.3) is 0 Å². The monoisotopic (exact) mass is 407 g/mol. The molecule has 0 radical (unpaired) electrons. The molecule has 0 heterocycles. The average molecular weight is 408 g/mol. The summed E-state index contributed by atoms with van der Waals surface area (Å²) in [7, 11) is 0. The van der Waals surface area contributed by atoms with Crippen LogP contribution < -0.4 is 5.73 Å². The molecular formula is C24H41NO2S. The summed E-state index contributed by atoms with van der Waals surface area (Å²) in [5.74, 6) is -0.000261. The van der Waals surface area contributed by atoms with Gasteiger partial charge in [-0.2, -0.15) is 0 Å². The lowest BCUT2D eigenvalue weighted by Crippen LogP contribution is -2.25. The minimum Gasteiger partial charge on any atom is -0.508 e. The third kappa shape index (κ3) is 13.1. The summed E-state index contributed by atoms with van der Waals surface area (Å²) in [4.78, 5) is 12.7. The van der Waals surface area contributed by atoms with Crippen molar-refractivity contribution in [1.29, 1.82) is 0 Å². The van der Waals surface area contributed by atoms with Gasteiger partial charge in [-0.05, 0) is 30.7 Å². The first kappa shape index (κ1) is 24.9. The van der Waals surface area contributed by atoms with Gasteiger partial charge in [0.25, 0.3) is 0 Å². The van der Waals surface area contributed by atoms with E-state index < -0.39 is 0 Å². The summed E-state index contributed by atoms with van der Waals surface area (Å²) in [6, 6.07) is 6.96. The SMILES string of the molecule is CCCCCCCCCCCCCCCCC(Sc1ccc(O)cc1)C(N)=O. The van der Waals surface area contributed by atoms with E-state index in [1.54, 1.807) is 12.1 Å². The van der Waals surface area contributed by atoms with Crippen molar-refractivity contribution in [3.8, 4) is 5.75 Å². The third-order valence-corrected chi connectivity index (χ3v) is 6.55. The summed E-state index contributed by atoms with van der Waals surface area (Å²) in [5, 5.41) is 9.16. The number of phenols is 1. The second kappa shape index (κ2) is 16.8. The van der Waals surface area contributed by atoms with E-state index >= 15 is 0 Å². The maximum atomic E-state index is 11.7. The molecular weight excluding hydrogens is 366 g/mol. The predicted molar refractivity (Wildman–Crippen MR) is 122 cm³/mol. The van der Waals surface area contributed by atoms with Gasteiger partial charge in [0, 0.05) is 4.90 Å². The van der Waals surface area contributed by atoms with Crippen molar-refractivity contribution in [3.63, 3.8) is 0 Å². The Bertz CT molecular complexity index is 504. The molecule has 0 aromatic heterocycles. The van der Waals surface area contributed by atoms with Crippen LogP contribution in [0.5, 0.6) is 5.75 Å². The van der Waals surface area contributed by atoms with Crippen LogP contribution >= 0.6 is 11.8 Å². The summed E-state index contributed by atoms with van der Waals surface area (Å²) < 4.78 is 0. The van der Waals surface area contributed by atoms with E-state index in [2.05, 4.69) is 6.92 Å². The lowest BCUT2D eigenvalue weighted by Gasteiger charge is -2.13. The molecule has 0 aliphatic carbocycles. The van der Waals surface area contributed by atoms with E-state index in [4.69, 9.17) is 5.73 Å². The Morgan fingerprint density at radius 3 is 1.68 bits per heavy atom. The minimum absolute atomic E-state index is 0.179. The van der Waals surface area contributed by atoms with Crippen LogP contribution in [0.15, 0.2) is 29.2 Å². The Balaban J connectivity index is 1.97. The van der Waals surface area contributed by atoms with Crippen LogP contribution in [0.3, 0.4) is 0 Å². The van der Waals surface area contributed by atoms with Crippen molar-refractivity contribution in [2.45, 2.75) is 113 Å². The Labute approximate surface area is 176 Å². The van der Waals surface area contributed by atoms with Gasteiger partial charge in [-0.1, -0.05) is 96.8 Å². The quantitative estimate of drug-likeness (QED) is 0.199. The van der Waals surface area contributed by atoms with E-state index in [1.165, 1.54) is 95.2 Å². The number of carbonyl (C=O) groups is 1. The topological polar surface area (TPSA) is 63.3 Å². The number of phenolic OH excluding ortho intramolecular Hbond substituents is 1. The Kier molecular flexibility index (Phi) is 14.9. The maximum Gasteiger partial charge on any atom is 0.230 e. The highest BCUT2D eigenvalue weighted by Gasteiger charge is 2.16. The molecule has 0 saturated carbocycles. The average Bonchev–Trinajstić information content (AvgIpc) is 2.68. The highest BCUT2D eigenvalue weighted by Crippen LogP contribution is 2.28. The second-order valence-electron chi connectivity index (χ2n) is 7.89. The molecule has 1 atom stereocenters. The Hall–Kier alpha value is -1.16. The fourth-order valence-corrected chi connectivity index (χ4v) is 4.49. The highest BCUT2D eigenvalue weighted by atomic mass is 32.2. The van der Waals surface area contributed by atoms with Crippen molar-refractivity contribution in [1.82, 2.24) is 0 Å². The van der Waals surface area contributed by atoms with Gasteiger partial charge >= 0.3 is 0 Å². The molecule has 4 heteroatoms. The first-order valence-electron chi connectivity index (χ1n) is 11.4. The van der Waals surface area contributed by atoms with Gasteiger partial charge in [0.2, 0.25) is 5.91 Å². The molecule has 28 heavy (non-hydrogen) atoms. The van der Waals surface area contributed by atoms with E-state index in [-0.39, 0.29) is 16.9 Å². The summed E-state index contributed by atoms with van der Waals surface area (Å²) in [5.41, 5.74) is 5.56. The minimum atomic E-state index is -0.243. The predicted octanol–water partition coefficient (Wildman–Crippen LogP) is 7.21. The third-order valence-electron chi connectivity index (χ3n) is 5.25. The van der Waals surface area contributed by atoms with Crippen LogP contribution in [0.2, 0.25) is 0 Å². The molecule has 1 aromatic carbocycles. The van der Waals surface area contributed by atoms with Gasteiger partial charge in [-0.3, -0.25) is 4.79 Å². The highest BCUT2D eigenvalue weighted by molar-refractivity contribution is 8.00. The lowest BCUT2D eigenvalue weighted by atomic mass is 10.0. The molecule has 0 spiro atoms. The number of aromatic hydroxyl groups is 1. The van der Waals surface area contributed by atoms with Gasteiger partial charge in [-0.25, -0.2) is 0 Å². The van der Waals surface area contributed by atoms with Crippen LogP contribution in [0.1, 0.15) is 103 Å². The molecule has 0 fully saturated rings. The molecule has 1 amide bonds. The smallest absolute Gasteiger partial charge is 0.230 e. The number of amides is 1. The first-order chi connectivity index (χ1) is 13.6. The van der Waals surface area contributed by atoms with Gasteiger partial charge in [-0.15, -0.1) is 11.8 Å². The Morgan fingerprint density at radius 2 is 1.25 bits per heavy atom.